The minimum absolute atomic E-state index is 0.0452. The van der Waals surface area contributed by atoms with Crippen LogP contribution >= 0.6 is 11.8 Å². The van der Waals surface area contributed by atoms with Crippen molar-refractivity contribution in [1.29, 1.82) is 0 Å². The smallest absolute Gasteiger partial charge is 0.243 e. The average Bonchev–Trinajstić information content (AvgIpc) is 2.54. The van der Waals surface area contributed by atoms with Crippen LogP contribution in [0.5, 0.6) is 0 Å². The van der Waals surface area contributed by atoms with Crippen LogP contribution in [0.3, 0.4) is 0 Å². The fraction of sp³-hybridized carbons (Fsp3) is 0.444. The zero-order valence-electron chi connectivity index (χ0n) is 12.9. The first kappa shape index (κ1) is 16.8. The van der Waals surface area contributed by atoms with Gasteiger partial charge in [-0.2, -0.15) is 0 Å². The van der Waals surface area contributed by atoms with Crippen LogP contribution < -0.4 is 0 Å². The molecule has 0 fully saturated rings. The predicted molar refractivity (Wildman–Crippen MR) is 91.2 cm³/mol. The molecule has 0 saturated carbocycles. The fourth-order valence-electron chi connectivity index (χ4n) is 2.53. The molecular formula is C18H22O3S. The summed E-state index contributed by atoms with van der Waals surface area (Å²) >= 11 is 1.30. The second-order valence-corrected chi connectivity index (χ2v) is 6.60. The second-order valence-electron chi connectivity index (χ2n) is 5.50. The Morgan fingerprint density at radius 3 is 2.27 bits per heavy atom. The first-order valence-electron chi connectivity index (χ1n) is 7.91. The van der Waals surface area contributed by atoms with Gasteiger partial charge in [0.15, 0.2) is 0 Å². The summed E-state index contributed by atoms with van der Waals surface area (Å²) in [5.41, 5.74) is 0.770. The molecule has 22 heavy (non-hydrogen) atoms. The molecule has 2 rings (SSSR count). The molecule has 118 valence electrons. The average molecular weight is 318 g/mol. The van der Waals surface area contributed by atoms with Gasteiger partial charge in [0, 0.05) is 11.1 Å². The number of aliphatic hydroxyl groups is 1. The lowest BCUT2D eigenvalue weighted by Gasteiger charge is -2.17. The normalized spacial score (nSPS) is 14.4. The molecule has 0 saturated heterocycles. The number of ketones is 2. The van der Waals surface area contributed by atoms with E-state index in [0.717, 1.165) is 18.6 Å². The van der Waals surface area contributed by atoms with Gasteiger partial charge in [-0.05, 0) is 12.2 Å². The van der Waals surface area contributed by atoms with Gasteiger partial charge in [-0.15, -0.1) is 11.8 Å². The highest BCUT2D eigenvalue weighted by Crippen LogP contribution is 2.34. The number of benzene rings is 1. The lowest BCUT2D eigenvalue weighted by molar-refractivity contribution is -0.111. The Kier molecular flexibility index (Phi) is 6.25. The fourth-order valence-corrected chi connectivity index (χ4v) is 3.56. The molecule has 1 aromatic rings. The molecule has 0 atom stereocenters. The third-order valence-corrected chi connectivity index (χ3v) is 4.96. The molecule has 0 aromatic heterocycles. The van der Waals surface area contributed by atoms with Gasteiger partial charge in [0.25, 0.3) is 0 Å². The molecular weight excluding hydrogens is 296 g/mol. The molecule has 1 aliphatic carbocycles. The summed E-state index contributed by atoms with van der Waals surface area (Å²) < 4.78 is 0. The Morgan fingerprint density at radius 2 is 1.55 bits per heavy atom. The van der Waals surface area contributed by atoms with Gasteiger partial charge in [0.05, 0.1) is 0 Å². The van der Waals surface area contributed by atoms with Crippen molar-refractivity contribution >= 4 is 29.1 Å². The summed E-state index contributed by atoms with van der Waals surface area (Å²) in [5.74, 6) is -0.380. The van der Waals surface area contributed by atoms with E-state index >= 15 is 0 Å². The Balaban J connectivity index is 1.95. The monoisotopic (exact) mass is 318 g/mol. The van der Waals surface area contributed by atoms with Crippen molar-refractivity contribution in [3.05, 3.63) is 40.3 Å². The number of rotatable bonds is 8. The van der Waals surface area contributed by atoms with Crippen LogP contribution in [0, 0.1) is 0 Å². The molecule has 0 aliphatic heterocycles. The molecule has 1 N–H and O–H groups in total. The third kappa shape index (κ3) is 3.80. The minimum Gasteiger partial charge on any atom is -0.506 e. The van der Waals surface area contributed by atoms with E-state index < -0.39 is 11.6 Å². The molecule has 0 amide bonds. The standard InChI is InChI=1S/C18H22O3S/c1-2-3-4-5-6-9-12-22-18-16(20)14-11-8-7-10-13(14)15(19)17(18)21/h7-8,10-11,20H,2-6,9,12H2,1H3. The molecule has 0 heterocycles. The lowest BCUT2D eigenvalue weighted by atomic mass is 9.94. The van der Waals surface area contributed by atoms with Gasteiger partial charge in [-0.25, -0.2) is 0 Å². The topological polar surface area (TPSA) is 54.4 Å². The van der Waals surface area contributed by atoms with Gasteiger partial charge in [-0.1, -0.05) is 63.3 Å². The van der Waals surface area contributed by atoms with E-state index in [1.807, 2.05) is 0 Å². The van der Waals surface area contributed by atoms with Crippen LogP contribution in [0.1, 0.15) is 61.4 Å². The number of carbonyl (C=O) groups excluding carboxylic acids is 2. The number of hydrogen-bond donors (Lipinski definition) is 1. The number of allylic oxidation sites excluding steroid dienone is 1. The number of Topliss-reactive ketones (excluding diaryl/α,β-unsaturated/α-hetero) is 2. The highest BCUT2D eigenvalue weighted by Gasteiger charge is 2.32. The quantitative estimate of drug-likeness (QED) is 0.554. The maximum atomic E-state index is 12.1. The Hall–Kier alpha value is -1.55. The Morgan fingerprint density at radius 1 is 0.909 bits per heavy atom. The molecule has 4 heteroatoms. The van der Waals surface area contributed by atoms with Crippen LogP contribution in [0.4, 0.5) is 0 Å². The summed E-state index contributed by atoms with van der Waals surface area (Å²) in [6.07, 6.45) is 7.07. The summed E-state index contributed by atoms with van der Waals surface area (Å²) in [7, 11) is 0. The minimum atomic E-state index is -0.577. The third-order valence-electron chi connectivity index (χ3n) is 3.80. The van der Waals surface area contributed by atoms with Crippen molar-refractivity contribution in [2.75, 3.05) is 5.75 Å². The Labute approximate surface area is 135 Å². The van der Waals surface area contributed by atoms with Crippen molar-refractivity contribution in [3.8, 4) is 0 Å². The number of aliphatic hydroxyl groups excluding tert-OH is 1. The van der Waals surface area contributed by atoms with Crippen molar-refractivity contribution in [2.45, 2.75) is 45.4 Å². The zero-order valence-corrected chi connectivity index (χ0v) is 13.7. The van der Waals surface area contributed by atoms with E-state index in [1.54, 1.807) is 24.3 Å². The largest absolute Gasteiger partial charge is 0.506 e. The van der Waals surface area contributed by atoms with Crippen molar-refractivity contribution in [2.24, 2.45) is 0 Å². The first-order valence-corrected chi connectivity index (χ1v) is 8.89. The van der Waals surface area contributed by atoms with Crippen molar-refractivity contribution < 1.29 is 14.7 Å². The van der Waals surface area contributed by atoms with Crippen LogP contribution in [-0.4, -0.2) is 22.4 Å². The van der Waals surface area contributed by atoms with Gasteiger partial charge >= 0.3 is 0 Å². The summed E-state index contributed by atoms with van der Waals surface area (Å²) in [4.78, 5) is 24.4. The number of unbranched alkanes of at least 4 members (excludes halogenated alkanes) is 5. The van der Waals surface area contributed by atoms with E-state index in [0.29, 0.717) is 11.1 Å². The van der Waals surface area contributed by atoms with E-state index in [2.05, 4.69) is 6.92 Å². The van der Waals surface area contributed by atoms with E-state index in [-0.39, 0.29) is 10.7 Å². The molecule has 3 nitrogen and oxygen atoms in total. The molecule has 1 aliphatic rings. The predicted octanol–water partition coefficient (Wildman–Crippen LogP) is 4.77. The SMILES string of the molecule is CCCCCCCCSC1=C(O)c2ccccc2C(=O)C1=O. The van der Waals surface area contributed by atoms with Gasteiger partial charge in [0.2, 0.25) is 11.6 Å². The van der Waals surface area contributed by atoms with E-state index in [4.69, 9.17) is 0 Å². The number of carbonyl (C=O) groups is 2. The molecule has 0 radical (unpaired) electrons. The molecule has 0 bridgehead atoms. The maximum Gasteiger partial charge on any atom is 0.243 e. The molecule has 0 spiro atoms. The van der Waals surface area contributed by atoms with Crippen LogP contribution in [0.15, 0.2) is 29.2 Å². The molecule has 0 unspecified atom stereocenters. The first-order chi connectivity index (χ1) is 10.7. The zero-order chi connectivity index (χ0) is 15.9. The van der Waals surface area contributed by atoms with Gasteiger partial charge in [0.1, 0.15) is 10.7 Å². The van der Waals surface area contributed by atoms with E-state index in [9.17, 15) is 14.7 Å². The summed E-state index contributed by atoms with van der Waals surface area (Å²) in [5, 5.41) is 10.3. The van der Waals surface area contributed by atoms with Crippen LogP contribution in [0.25, 0.3) is 5.76 Å². The van der Waals surface area contributed by atoms with Gasteiger partial charge < -0.3 is 5.11 Å². The highest BCUT2D eigenvalue weighted by molar-refractivity contribution is 8.04. The van der Waals surface area contributed by atoms with Crippen molar-refractivity contribution in [1.82, 2.24) is 0 Å². The van der Waals surface area contributed by atoms with E-state index in [1.165, 1.54) is 37.4 Å². The van der Waals surface area contributed by atoms with Crippen molar-refractivity contribution in [3.63, 3.8) is 0 Å². The summed E-state index contributed by atoms with van der Waals surface area (Å²) in [6, 6.07) is 6.72. The summed E-state index contributed by atoms with van der Waals surface area (Å²) in [6.45, 7) is 2.19. The number of fused-ring (bicyclic) bond motifs is 1. The number of thioether (sulfide) groups is 1. The van der Waals surface area contributed by atoms with Crippen LogP contribution in [-0.2, 0) is 4.79 Å². The highest BCUT2D eigenvalue weighted by atomic mass is 32.2. The Bertz CT molecular complexity index is 590. The van der Waals surface area contributed by atoms with Crippen LogP contribution in [0.2, 0.25) is 0 Å². The second kappa shape index (κ2) is 8.18. The van der Waals surface area contributed by atoms with Gasteiger partial charge in [-0.3, -0.25) is 9.59 Å². The maximum absolute atomic E-state index is 12.1. The molecule has 1 aromatic carbocycles. The number of hydrogen-bond acceptors (Lipinski definition) is 4. The lowest BCUT2D eigenvalue weighted by Crippen LogP contribution is -2.22.